The Morgan fingerprint density at radius 2 is 2.00 bits per heavy atom. The van der Waals surface area contributed by atoms with E-state index in [4.69, 9.17) is 9.84 Å². The lowest BCUT2D eigenvalue weighted by Gasteiger charge is -2.08. The number of carboxylic acids is 1. The molecule has 19 heavy (non-hydrogen) atoms. The predicted molar refractivity (Wildman–Crippen MR) is 71.8 cm³/mol. The third kappa shape index (κ3) is 3.32. The van der Waals surface area contributed by atoms with E-state index in [1.54, 1.807) is 18.2 Å². The Balaban J connectivity index is 2.16. The van der Waals surface area contributed by atoms with Crippen molar-refractivity contribution in [1.82, 2.24) is 0 Å². The SMILES string of the molecule is O=C(O)c1cccc(COc2cccc(Br)c2)c1F. The number of halogens is 2. The van der Waals surface area contributed by atoms with Gasteiger partial charge in [0.05, 0.1) is 5.56 Å². The van der Waals surface area contributed by atoms with Crippen LogP contribution in [0.25, 0.3) is 0 Å². The minimum atomic E-state index is -1.29. The zero-order valence-electron chi connectivity index (χ0n) is 9.77. The van der Waals surface area contributed by atoms with Gasteiger partial charge in [0.25, 0.3) is 0 Å². The largest absolute Gasteiger partial charge is 0.489 e. The second kappa shape index (κ2) is 5.84. The van der Waals surface area contributed by atoms with Crippen molar-refractivity contribution in [2.24, 2.45) is 0 Å². The number of carbonyl (C=O) groups is 1. The number of benzene rings is 2. The van der Waals surface area contributed by atoms with Gasteiger partial charge in [0, 0.05) is 10.0 Å². The predicted octanol–water partition coefficient (Wildman–Crippen LogP) is 3.87. The molecule has 0 spiro atoms. The monoisotopic (exact) mass is 324 g/mol. The van der Waals surface area contributed by atoms with E-state index < -0.39 is 11.8 Å². The van der Waals surface area contributed by atoms with Crippen molar-refractivity contribution in [3.8, 4) is 5.75 Å². The van der Waals surface area contributed by atoms with Crippen molar-refractivity contribution in [3.63, 3.8) is 0 Å². The van der Waals surface area contributed by atoms with Crippen molar-refractivity contribution < 1.29 is 19.0 Å². The van der Waals surface area contributed by atoms with Crippen LogP contribution in [0, 0.1) is 5.82 Å². The number of ether oxygens (including phenoxy) is 1. The number of hydrogen-bond acceptors (Lipinski definition) is 2. The average molecular weight is 325 g/mol. The van der Waals surface area contributed by atoms with Gasteiger partial charge in [-0.2, -0.15) is 0 Å². The van der Waals surface area contributed by atoms with E-state index in [0.29, 0.717) is 5.75 Å². The van der Waals surface area contributed by atoms with Crippen LogP contribution in [0.5, 0.6) is 5.75 Å². The first-order chi connectivity index (χ1) is 9.08. The van der Waals surface area contributed by atoms with E-state index in [0.717, 1.165) is 4.47 Å². The van der Waals surface area contributed by atoms with Crippen LogP contribution in [0.15, 0.2) is 46.9 Å². The van der Waals surface area contributed by atoms with Crippen molar-refractivity contribution >= 4 is 21.9 Å². The third-order valence-electron chi connectivity index (χ3n) is 2.50. The van der Waals surface area contributed by atoms with Gasteiger partial charge in [0.15, 0.2) is 0 Å². The first kappa shape index (κ1) is 13.5. The zero-order chi connectivity index (χ0) is 13.8. The summed E-state index contributed by atoms with van der Waals surface area (Å²) in [5.74, 6) is -1.47. The molecule has 0 aromatic heterocycles. The van der Waals surface area contributed by atoms with E-state index in [1.165, 1.54) is 18.2 Å². The molecule has 0 saturated heterocycles. The molecule has 0 bridgehead atoms. The first-order valence-electron chi connectivity index (χ1n) is 5.47. The van der Waals surface area contributed by atoms with Crippen LogP contribution < -0.4 is 4.74 Å². The summed E-state index contributed by atoms with van der Waals surface area (Å²) < 4.78 is 20.1. The molecule has 0 aliphatic heterocycles. The van der Waals surface area contributed by atoms with Crippen LogP contribution in [0.1, 0.15) is 15.9 Å². The molecule has 0 aliphatic rings. The second-order valence-electron chi connectivity index (χ2n) is 3.83. The molecule has 2 aromatic carbocycles. The lowest BCUT2D eigenvalue weighted by atomic mass is 10.1. The lowest BCUT2D eigenvalue weighted by molar-refractivity contribution is 0.0691. The fourth-order valence-electron chi connectivity index (χ4n) is 1.57. The van der Waals surface area contributed by atoms with Crippen LogP contribution in [-0.4, -0.2) is 11.1 Å². The summed E-state index contributed by atoms with van der Waals surface area (Å²) in [6, 6.07) is 11.3. The number of rotatable bonds is 4. The molecule has 3 nitrogen and oxygen atoms in total. The Morgan fingerprint density at radius 3 is 2.68 bits per heavy atom. The normalized spacial score (nSPS) is 10.2. The fourth-order valence-corrected chi connectivity index (χ4v) is 1.95. The van der Waals surface area contributed by atoms with Gasteiger partial charge in [-0.1, -0.05) is 34.1 Å². The quantitative estimate of drug-likeness (QED) is 0.928. The lowest BCUT2D eigenvalue weighted by Crippen LogP contribution is -2.05. The molecular weight excluding hydrogens is 315 g/mol. The Kier molecular flexibility index (Phi) is 4.16. The van der Waals surface area contributed by atoms with E-state index in [9.17, 15) is 9.18 Å². The number of aromatic carboxylic acids is 1. The van der Waals surface area contributed by atoms with Gasteiger partial charge in [-0.05, 0) is 24.3 Å². The first-order valence-corrected chi connectivity index (χ1v) is 6.26. The summed E-state index contributed by atoms with van der Waals surface area (Å²) in [6.45, 7) is -0.0244. The third-order valence-corrected chi connectivity index (χ3v) is 2.99. The Morgan fingerprint density at radius 1 is 1.26 bits per heavy atom. The topological polar surface area (TPSA) is 46.5 Å². The highest BCUT2D eigenvalue weighted by molar-refractivity contribution is 9.10. The van der Waals surface area contributed by atoms with Gasteiger partial charge in [0.2, 0.25) is 0 Å². The summed E-state index contributed by atoms with van der Waals surface area (Å²) in [6.07, 6.45) is 0. The van der Waals surface area contributed by atoms with Gasteiger partial charge in [0.1, 0.15) is 18.2 Å². The molecule has 0 unspecified atom stereocenters. The highest BCUT2D eigenvalue weighted by atomic mass is 79.9. The summed E-state index contributed by atoms with van der Waals surface area (Å²) in [5, 5.41) is 8.82. The van der Waals surface area contributed by atoms with Crippen LogP contribution in [-0.2, 0) is 6.61 Å². The van der Waals surface area contributed by atoms with Crippen molar-refractivity contribution in [2.45, 2.75) is 6.61 Å². The van der Waals surface area contributed by atoms with Crippen molar-refractivity contribution in [1.29, 1.82) is 0 Å². The molecule has 0 aliphatic carbocycles. The van der Waals surface area contributed by atoms with E-state index in [1.807, 2.05) is 6.07 Å². The summed E-state index contributed by atoms with van der Waals surface area (Å²) in [4.78, 5) is 10.8. The summed E-state index contributed by atoms with van der Waals surface area (Å²) in [5.41, 5.74) is -0.143. The maximum absolute atomic E-state index is 13.8. The van der Waals surface area contributed by atoms with Crippen LogP contribution in [0.4, 0.5) is 4.39 Å². The molecule has 0 atom stereocenters. The molecule has 0 amide bonds. The van der Waals surface area contributed by atoms with Gasteiger partial charge in [-0.3, -0.25) is 0 Å². The summed E-state index contributed by atoms with van der Waals surface area (Å²) in [7, 11) is 0. The van der Waals surface area contributed by atoms with Gasteiger partial charge < -0.3 is 9.84 Å². The van der Waals surface area contributed by atoms with E-state index in [-0.39, 0.29) is 17.7 Å². The van der Waals surface area contributed by atoms with Gasteiger partial charge in [-0.15, -0.1) is 0 Å². The van der Waals surface area contributed by atoms with Gasteiger partial charge in [-0.25, -0.2) is 9.18 Å². The smallest absolute Gasteiger partial charge is 0.338 e. The molecule has 5 heteroatoms. The standard InChI is InChI=1S/C14H10BrFO3/c15-10-4-2-5-11(7-10)19-8-9-3-1-6-12(13(9)16)14(17)18/h1-7H,8H2,(H,17,18). The van der Waals surface area contributed by atoms with Crippen LogP contribution in [0.3, 0.4) is 0 Å². The van der Waals surface area contributed by atoms with Crippen LogP contribution in [0.2, 0.25) is 0 Å². The number of hydrogen-bond donors (Lipinski definition) is 1. The van der Waals surface area contributed by atoms with E-state index >= 15 is 0 Å². The van der Waals surface area contributed by atoms with Crippen LogP contribution >= 0.6 is 15.9 Å². The molecule has 2 aromatic rings. The minimum absolute atomic E-state index is 0.0244. The van der Waals surface area contributed by atoms with Crippen molar-refractivity contribution in [3.05, 3.63) is 63.9 Å². The van der Waals surface area contributed by atoms with E-state index in [2.05, 4.69) is 15.9 Å². The average Bonchev–Trinajstić information content (AvgIpc) is 2.37. The molecule has 2 rings (SSSR count). The molecule has 0 heterocycles. The second-order valence-corrected chi connectivity index (χ2v) is 4.75. The molecule has 1 N–H and O–H groups in total. The molecule has 0 radical (unpaired) electrons. The highest BCUT2D eigenvalue weighted by Gasteiger charge is 2.13. The summed E-state index contributed by atoms with van der Waals surface area (Å²) >= 11 is 3.30. The van der Waals surface area contributed by atoms with Crippen molar-refractivity contribution in [2.75, 3.05) is 0 Å². The Bertz CT molecular complexity index is 613. The molecule has 98 valence electrons. The minimum Gasteiger partial charge on any atom is -0.489 e. The Labute approximate surface area is 117 Å². The zero-order valence-corrected chi connectivity index (χ0v) is 11.4. The Hall–Kier alpha value is -1.88. The molecular formula is C14H10BrFO3. The fraction of sp³-hybridized carbons (Fsp3) is 0.0714. The molecule has 0 fully saturated rings. The molecule has 0 saturated carbocycles. The maximum Gasteiger partial charge on any atom is 0.338 e. The highest BCUT2D eigenvalue weighted by Crippen LogP contribution is 2.20. The van der Waals surface area contributed by atoms with Gasteiger partial charge >= 0.3 is 5.97 Å². The number of carboxylic acid groups (broad SMARTS) is 1. The maximum atomic E-state index is 13.8.